The number of para-hydroxylation sites is 2. The van der Waals surface area contributed by atoms with Crippen molar-refractivity contribution in [3.05, 3.63) is 52.3 Å². The van der Waals surface area contributed by atoms with Crippen LogP contribution in [0, 0.1) is 0 Å². The predicted octanol–water partition coefficient (Wildman–Crippen LogP) is 2.91. The number of thiazole rings is 1. The van der Waals surface area contributed by atoms with Gasteiger partial charge in [0.2, 0.25) is 5.03 Å². The van der Waals surface area contributed by atoms with Crippen LogP contribution in [0.25, 0.3) is 0 Å². The number of imidazole rings is 1. The summed E-state index contributed by atoms with van der Waals surface area (Å²) in [6.45, 7) is 0.243. The molecule has 0 spiro atoms. The highest BCUT2D eigenvalue weighted by Gasteiger charge is 2.23. The second kappa shape index (κ2) is 6.80. The quantitative estimate of drug-likeness (QED) is 0.706. The number of ether oxygens (including phenoxy) is 1. The van der Waals surface area contributed by atoms with Gasteiger partial charge in [0.05, 0.1) is 23.2 Å². The smallest absolute Gasteiger partial charge is 0.282 e. The molecule has 0 aliphatic rings. The Morgan fingerprint density at radius 1 is 1.33 bits per heavy atom. The van der Waals surface area contributed by atoms with Crippen LogP contribution >= 0.6 is 22.9 Å². The Bertz CT molecular complexity index is 939. The molecule has 2 aromatic heterocycles. The van der Waals surface area contributed by atoms with E-state index in [-0.39, 0.29) is 16.8 Å². The van der Waals surface area contributed by atoms with Crippen LogP contribution in [-0.2, 0) is 23.7 Å². The number of nitrogens with one attached hydrogen (secondary N) is 1. The molecule has 0 amide bonds. The van der Waals surface area contributed by atoms with Gasteiger partial charge in [0, 0.05) is 12.4 Å². The van der Waals surface area contributed by atoms with Crippen molar-refractivity contribution in [3.63, 3.8) is 0 Å². The minimum absolute atomic E-state index is 0.0309. The molecule has 3 aromatic rings. The maximum Gasteiger partial charge on any atom is 0.282 e. The maximum absolute atomic E-state index is 12.5. The number of rotatable bonds is 6. The Balaban J connectivity index is 1.83. The number of aromatic nitrogens is 3. The van der Waals surface area contributed by atoms with Crippen molar-refractivity contribution in [2.75, 3.05) is 4.72 Å². The van der Waals surface area contributed by atoms with Gasteiger partial charge in [-0.25, -0.2) is 9.97 Å². The molecule has 7 nitrogen and oxygen atoms in total. The van der Waals surface area contributed by atoms with E-state index in [2.05, 4.69) is 14.7 Å². The Morgan fingerprint density at radius 2 is 2.12 bits per heavy atom. The van der Waals surface area contributed by atoms with Crippen LogP contribution in [0.5, 0.6) is 5.75 Å². The Kier molecular flexibility index (Phi) is 4.74. The van der Waals surface area contributed by atoms with E-state index in [1.165, 1.54) is 22.2 Å². The third kappa shape index (κ3) is 3.53. The SMILES string of the molecule is Cn1cnc(S(=O)(=O)Nc2ccccc2OCc2cscn2)c1Cl. The van der Waals surface area contributed by atoms with Crippen LogP contribution in [-0.4, -0.2) is 23.0 Å². The molecule has 126 valence electrons. The van der Waals surface area contributed by atoms with Gasteiger partial charge in [0.25, 0.3) is 10.0 Å². The first kappa shape index (κ1) is 16.7. The maximum atomic E-state index is 12.5. The number of aryl methyl sites for hydroxylation is 1. The van der Waals surface area contributed by atoms with Crippen molar-refractivity contribution in [3.8, 4) is 5.75 Å². The van der Waals surface area contributed by atoms with Gasteiger partial charge in [-0.1, -0.05) is 23.7 Å². The largest absolute Gasteiger partial charge is 0.485 e. The van der Waals surface area contributed by atoms with Gasteiger partial charge in [-0.3, -0.25) is 4.72 Å². The summed E-state index contributed by atoms with van der Waals surface area (Å²) in [4.78, 5) is 7.95. The number of hydrogen-bond acceptors (Lipinski definition) is 6. The normalized spacial score (nSPS) is 11.4. The average Bonchev–Trinajstić information content (AvgIpc) is 3.17. The molecule has 0 saturated carbocycles. The van der Waals surface area contributed by atoms with Crippen molar-refractivity contribution in [1.29, 1.82) is 0 Å². The molecule has 0 bridgehead atoms. The summed E-state index contributed by atoms with van der Waals surface area (Å²) in [7, 11) is -2.31. The van der Waals surface area contributed by atoms with Crippen LogP contribution in [0.3, 0.4) is 0 Å². The van der Waals surface area contributed by atoms with Gasteiger partial charge in [0.15, 0.2) is 0 Å². The summed E-state index contributed by atoms with van der Waals surface area (Å²) in [6.07, 6.45) is 1.33. The predicted molar refractivity (Wildman–Crippen MR) is 91.9 cm³/mol. The number of nitrogens with zero attached hydrogens (tertiary/aromatic N) is 3. The van der Waals surface area contributed by atoms with Gasteiger partial charge >= 0.3 is 0 Å². The molecular formula is C14H13ClN4O3S2. The number of anilines is 1. The fourth-order valence-electron chi connectivity index (χ4n) is 1.90. The van der Waals surface area contributed by atoms with Crippen molar-refractivity contribution in [2.24, 2.45) is 7.05 Å². The van der Waals surface area contributed by atoms with Gasteiger partial charge in [-0.15, -0.1) is 11.3 Å². The lowest BCUT2D eigenvalue weighted by molar-refractivity contribution is 0.304. The second-order valence-electron chi connectivity index (χ2n) is 4.82. The molecule has 2 heterocycles. The van der Waals surface area contributed by atoms with Crippen LogP contribution in [0.2, 0.25) is 5.15 Å². The molecule has 0 unspecified atom stereocenters. The molecule has 3 rings (SSSR count). The first-order chi connectivity index (χ1) is 11.5. The van der Waals surface area contributed by atoms with E-state index in [1.54, 1.807) is 36.8 Å². The molecule has 10 heteroatoms. The van der Waals surface area contributed by atoms with E-state index >= 15 is 0 Å². The number of benzene rings is 1. The molecular weight excluding hydrogens is 372 g/mol. The standard InChI is InChI=1S/C14H13ClN4O3S2/c1-19-8-16-14(13(19)15)24(20,21)18-11-4-2-3-5-12(11)22-6-10-7-23-9-17-10/h2-5,7-9,18H,6H2,1H3. The molecule has 0 aliphatic carbocycles. The molecule has 1 N–H and O–H groups in total. The van der Waals surface area contributed by atoms with E-state index in [1.807, 2.05) is 5.38 Å². The minimum atomic E-state index is -3.93. The summed E-state index contributed by atoms with van der Waals surface area (Å²) < 4.78 is 34.5. The number of halogens is 1. The Labute approximate surface area is 148 Å². The second-order valence-corrected chi connectivity index (χ2v) is 7.50. The summed E-state index contributed by atoms with van der Waals surface area (Å²) in [5, 5.41) is 1.66. The van der Waals surface area contributed by atoms with Crippen molar-refractivity contribution < 1.29 is 13.2 Å². The number of sulfonamides is 1. The minimum Gasteiger partial charge on any atom is -0.485 e. The first-order valence-corrected chi connectivity index (χ1v) is 9.56. The topological polar surface area (TPSA) is 86.1 Å². The van der Waals surface area contributed by atoms with E-state index < -0.39 is 10.0 Å². The van der Waals surface area contributed by atoms with Crippen LogP contribution in [0.15, 0.2) is 46.5 Å². The zero-order valence-electron chi connectivity index (χ0n) is 12.5. The third-order valence-electron chi connectivity index (χ3n) is 3.08. The van der Waals surface area contributed by atoms with Crippen molar-refractivity contribution >= 4 is 38.6 Å². The molecule has 0 fully saturated rings. The highest BCUT2D eigenvalue weighted by molar-refractivity contribution is 7.92. The van der Waals surface area contributed by atoms with Crippen molar-refractivity contribution in [2.45, 2.75) is 11.6 Å². The van der Waals surface area contributed by atoms with E-state index in [4.69, 9.17) is 16.3 Å². The summed E-state index contributed by atoms with van der Waals surface area (Å²) >= 11 is 7.43. The highest BCUT2D eigenvalue weighted by atomic mass is 35.5. The highest BCUT2D eigenvalue weighted by Crippen LogP contribution is 2.28. The van der Waals surface area contributed by atoms with Gasteiger partial charge in [0.1, 0.15) is 17.5 Å². The van der Waals surface area contributed by atoms with E-state index in [0.29, 0.717) is 11.4 Å². The molecule has 0 saturated heterocycles. The van der Waals surface area contributed by atoms with Crippen LogP contribution in [0.1, 0.15) is 5.69 Å². The first-order valence-electron chi connectivity index (χ1n) is 6.76. The monoisotopic (exact) mass is 384 g/mol. The average molecular weight is 385 g/mol. The summed E-state index contributed by atoms with van der Waals surface area (Å²) in [5.41, 5.74) is 2.77. The molecule has 0 radical (unpaired) electrons. The Hall–Kier alpha value is -2.10. The molecule has 0 aliphatic heterocycles. The summed E-state index contributed by atoms with van der Waals surface area (Å²) in [5.74, 6) is 0.390. The van der Waals surface area contributed by atoms with Crippen LogP contribution < -0.4 is 9.46 Å². The van der Waals surface area contributed by atoms with Crippen LogP contribution in [0.4, 0.5) is 5.69 Å². The van der Waals surface area contributed by atoms with Gasteiger partial charge in [-0.05, 0) is 12.1 Å². The van der Waals surface area contributed by atoms with Crippen molar-refractivity contribution in [1.82, 2.24) is 14.5 Å². The fourth-order valence-corrected chi connectivity index (χ4v) is 3.95. The van der Waals surface area contributed by atoms with Gasteiger partial charge in [-0.2, -0.15) is 8.42 Å². The lowest BCUT2D eigenvalue weighted by atomic mass is 10.3. The number of hydrogen-bond donors (Lipinski definition) is 1. The molecule has 0 atom stereocenters. The fraction of sp³-hybridized carbons (Fsp3) is 0.143. The zero-order chi connectivity index (χ0) is 17.2. The summed E-state index contributed by atoms with van der Waals surface area (Å²) in [6, 6.07) is 6.73. The lowest BCUT2D eigenvalue weighted by Crippen LogP contribution is -2.15. The molecule has 24 heavy (non-hydrogen) atoms. The lowest BCUT2D eigenvalue weighted by Gasteiger charge is -2.12. The van der Waals surface area contributed by atoms with Gasteiger partial charge < -0.3 is 9.30 Å². The Morgan fingerprint density at radius 3 is 2.79 bits per heavy atom. The third-order valence-corrected chi connectivity index (χ3v) is 5.57. The molecule has 1 aromatic carbocycles. The van der Waals surface area contributed by atoms with E-state index in [0.717, 1.165) is 5.69 Å². The zero-order valence-corrected chi connectivity index (χ0v) is 14.9. The van der Waals surface area contributed by atoms with E-state index in [9.17, 15) is 8.42 Å².